The lowest BCUT2D eigenvalue weighted by molar-refractivity contribution is -0.114. The molecule has 1 amide bonds. The molecular weight excluding hydrogens is 361 g/mol. The summed E-state index contributed by atoms with van der Waals surface area (Å²) in [4.78, 5) is 16.0. The average Bonchev–Trinajstić information content (AvgIpc) is 2.48. The van der Waals surface area contributed by atoms with Gasteiger partial charge in [-0.25, -0.2) is 8.42 Å². The smallest absolute Gasteiger partial charge is 0.245 e. The van der Waals surface area contributed by atoms with Gasteiger partial charge in [-0.05, 0) is 24.3 Å². The molecule has 1 aromatic carbocycles. The lowest BCUT2D eigenvalue weighted by Crippen LogP contribution is -2.37. The van der Waals surface area contributed by atoms with E-state index in [9.17, 15) is 13.2 Å². The van der Waals surface area contributed by atoms with Gasteiger partial charge in [0.25, 0.3) is 0 Å². The van der Waals surface area contributed by atoms with Crippen LogP contribution in [0, 0.1) is 0 Å². The van der Waals surface area contributed by atoms with Crippen LogP contribution >= 0.6 is 23.2 Å². The molecule has 1 N–H and O–H groups in total. The first-order chi connectivity index (χ1) is 10.8. The number of rotatable bonds is 5. The van der Waals surface area contributed by atoms with Gasteiger partial charge in [-0.3, -0.25) is 14.1 Å². The molecule has 2 aromatic rings. The molecule has 0 saturated carbocycles. The normalized spacial score (nSPS) is 11.1. The molecule has 9 heteroatoms. The summed E-state index contributed by atoms with van der Waals surface area (Å²) in [5.41, 5.74) is 0.603. The van der Waals surface area contributed by atoms with E-state index in [0.29, 0.717) is 5.69 Å². The predicted octanol–water partition coefficient (Wildman–Crippen LogP) is 2.79. The zero-order valence-corrected chi connectivity index (χ0v) is 14.4. The maximum absolute atomic E-state index is 12.1. The van der Waals surface area contributed by atoms with Crippen molar-refractivity contribution in [1.29, 1.82) is 0 Å². The quantitative estimate of drug-likeness (QED) is 0.873. The Bertz CT molecular complexity index is 813. The molecule has 0 radical (unpaired) electrons. The van der Waals surface area contributed by atoms with Crippen molar-refractivity contribution in [3.63, 3.8) is 0 Å². The van der Waals surface area contributed by atoms with Crippen molar-refractivity contribution in [2.75, 3.05) is 22.4 Å². The van der Waals surface area contributed by atoms with Gasteiger partial charge in [0.05, 0.1) is 33.9 Å². The van der Waals surface area contributed by atoms with Gasteiger partial charge in [-0.2, -0.15) is 0 Å². The topological polar surface area (TPSA) is 79.4 Å². The van der Waals surface area contributed by atoms with Crippen molar-refractivity contribution >= 4 is 50.5 Å². The fourth-order valence-corrected chi connectivity index (χ4v) is 3.14. The van der Waals surface area contributed by atoms with Crippen LogP contribution < -0.4 is 9.62 Å². The van der Waals surface area contributed by atoms with E-state index in [1.54, 1.807) is 24.4 Å². The molecule has 6 nitrogen and oxygen atoms in total. The van der Waals surface area contributed by atoms with Crippen LogP contribution in [0.1, 0.15) is 0 Å². The minimum atomic E-state index is -3.73. The maximum atomic E-state index is 12.1. The van der Waals surface area contributed by atoms with Crippen LogP contribution in [0.15, 0.2) is 42.7 Å². The van der Waals surface area contributed by atoms with Gasteiger partial charge in [0, 0.05) is 6.20 Å². The van der Waals surface area contributed by atoms with Crippen molar-refractivity contribution in [3.05, 3.63) is 52.8 Å². The third-order valence-corrected chi connectivity index (χ3v) is 4.77. The molecule has 0 saturated heterocycles. The van der Waals surface area contributed by atoms with E-state index in [1.165, 1.54) is 18.3 Å². The summed E-state index contributed by atoms with van der Waals surface area (Å²) in [5, 5.41) is 2.83. The lowest BCUT2D eigenvalue weighted by atomic mass is 10.3. The average molecular weight is 374 g/mol. The second kappa shape index (κ2) is 7.16. The van der Waals surface area contributed by atoms with E-state index in [-0.39, 0.29) is 15.7 Å². The highest BCUT2D eigenvalue weighted by molar-refractivity contribution is 7.92. The Morgan fingerprint density at radius 3 is 2.61 bits per heavy atom. The van der Waals surface area contributed by atoms with E-state index < -0.39 is 22.5 Å². The highest BCUT2D eigenvalue weighted by Gasteiger charge is 2.23. The molecular formula is C14H13Cl2N3O3S. The van der Waals surface area contributed by atoms with Crippen molar-refractivity contribution < 1.29 is 13.2 Å². The Labute approximate surface area is 144 Å². The summed E-state index contributed by atoms with van der Waals surface area (Å²) in [5.74, 6) is -0.528. The van der Waals surface area contributed by atoms with Crippen molar-refractivity contribution in [2.45, 2.75) is 0 Å². The number of nitrogens with one attached hydrogen (secondary N) is 1. The fraction of sp³-hybridized carbons (Fsp3) is 0.143. The summed E-state index contributed by atoms with van der Waals surface area (Å²) in [6.45, 7) is -0.437. The zero-order valence-electron chi connectivity index (χ0n) is 12.0. The molecule has 0 unspecified atom stereocenters. The molecule has 0 bridgehead atoms. The number of halogens is 2. The number of amides is 1. The van der Waals surface area contributed by atoms with Gasteiger partial charge in [0.15, 0.2) is 0 Å². The van der Waals surface area contributed by atoms with Crippen LogP contribution in [0.2, 0.25) is 10.0 Å². The summed E-state index contributed by atoms with van der Waals surface area (Å²) < 4.78 is 24.9. The van der Waals surface area contributed by atoms with Gasteiger partial charge in [0.1, 0.15) is 6.54 Å². The van der Waals surface area contributed by atoms with Gasteiger partial charge in [0.2, 0.25) is 15.9 Å². The summed E-state index contributed by atoms with van der Waals surface area (Å²) in [7, 11) is -3.73. The van der Waals surface area contributed by atoms with Crippen LogP contribution in [0.4, 0.5) is 11.4 Å². The molecule has 0 fully saturated rings. The van der Waals surface area contributed by atoms with Crippen molar-refractivity contribution in [3.8, 4) is 0 Å². The third kappa shape index (κ3) is 4.57. The number of nitrogens with zero attached hydrogens (tertiary/aromatic N) is 2. The van der Waals surface area contributed by atoms with Gasteiger partial charge in [-0.15, -0.1) is 0 Å². The first kappa shape index (κ1) is 17.5. The van der Waals surface area contributed by atoms with Gasteiger partial charge < -0.3 is 5.32 Å². The number of pyridine rings is 1. The highest BCUT2D eigenvalue weighted by Crippen LogP contribution is 2.33. The summed E-state index contributed by atoms with van der Waals surface area (Å²) in [6, 6.07) is 7.86. The Hall–Kier alpha value is -1.83. The van der Waals surface area contributed by atoms with E-state index in [4.69, 9.17) is 23.2 Å². The number of carbonyl (C=O) groups excluding carboxylic acids is 1. The maximum Gasteiger partial charge on any atom is 0.245 e. The van der Waals surface area contributed by atoms with Crippen LogP contribution in [0.25, 0.3) is 0 Å². The number of hydrogen-bond acceptors (Lipinski definition) is 4. The number of benzene rings is 1. The van der Waals surface area contributed by atoms with Crippen molar-refractivity contribution in [2.24, 2.45) is 0 Å². The number of hydrogen-bond donors (Lipinski definition) is 1. The van der Waals surface area contributed by atoms with Crippen LogP contribution in [0.3, 0.4) is 0 Å². The number of sulfonamides is 1. The Morgan fingerprint density at radius 2 is 2.00 bits per heavy atom. The van der Waals surface area contributed by atoms with Crippen LogP contribution in [-0.2, 0) is 14.8 Å². The van der Waals surface area contributed by atoms with Gasteiger partial charge >= 0.3 is 0 Å². The fourth-order valence-electron chi connectivity index (χ4n) is 1.83. The number of aromatic nitrogens is 1. The number of carbonyl (C=O) groups is 1. The third-order valence-electron chi connectivity index (χ3n) is 2.83. The van der Waals surface area contributed by atoms with E-state index in [2.05, 4.69) is 10.3 Å². The van der Waals surface area contributed by atoms with Crippen LogP contribution in [0.5, 0.6) is 0 Å². The minimum Gasteiger partial charge on any atom is -0.323 e. The highest BCUT2D eigenvalue weighted by atomic mass is 35.5. The van der Waals surface area contributed by atoms with E-state index in [1.807, 2.05) is 0 Å². The first-order valence-electron chi connectivity index (χ1n) is 6.40. The molecule has 122 valence electrons. The molecule has 0 atom stereocenters. The largest absolute Gasteiger partial charge is 0.323 e. The molecule has 2 rings (SSSR count). The molecule has 0 aliphatic carbocycles. The second-order valence-corrected chi connectivity index (χ2v) is 7.32. The van der Waals surface area contributed by atoms with Crippen molar-refractivity contribution in [1.82, 2.24) is 4.98 Å². The molecule has 23 heavy (non-hydrogen) atoms. The monoisotopic (exact) mass is 373 g/mol. The molecule has 0 aliphatic heterocycles. The molecule has 0 spiro atoms. The summed E-state index contributed by atoms with van der Waals surface area (Å²) in [6.07, 6.45) is 4.00. The predicted molar refractivity (Wildman–Crippen MR) is 91.5 cm³/mol. The Kier molecular flexibility index (Phi) is 5.46. The zero-order chi connectivity index (χ0) is 17.0. The molecule has 1 heterocycles. The second-order valence-electron chi connectivity index (χ2n) is 4.63. The lowest BCUT2D eigenvalue weighted by Gasteiger charge is -2.23. The minimum absolute atomic E-state index is 0.0637. The van der Waals surface area contributed by atoms with Crippen LogP contribution in [-0.4, -0.2) is 32.1 Å². The first-order valence-corrected chi connectivity index (χ1v) is 9.01. The van der Waals surface area contributed by atoms with Gasteiger partial charge in [-0.1, -0.05) is 29.3 Å². The number of anilines is 2. The van der Waals surface area contributed by atoms with E-state index >= 15 is 0 Å². The standard InChI is InChI=1S/C14H13Cl2N3O3S/c1-23(21,22)19(12-6-2-5-11(15)14(12)16)9-13(20)18-10-4-3-7-17-8-10/h2-8H,9H2,1H3,(H,18,20). The Morgan fingerprint density at radius 1 is 1.26 bits per heavy atom. The molecule has 0 aliphatic rings. The Balaban J connectivity index is 2.27. The van der Waals surface area contributed by atoms with E-state index in [0.717, 1.165) is 10.6 Å². The molecule has 1 aromatic heterocycles. The summed E-state index contributed by atoms with van der Waals surface area (Å²) >= 11 is 12.0. The SMILES string of the molecule is CS(=O)(=O)N(CC(=O)Nc1cccnc1)c1cccc(Cl)c1Cl.